The van der Waals surface area contributed by atoms with E-state index >= 15 is 0 Å². The minimum absolute atomic E-state index is 0.863. The first kappa shape index (κ1) is 34.0. The Balaban J connectivity index is 2.45. The third-order valence-corrected chi connectivity index (χ3v) is 10.4. The van der Waals surface area contributed by atoms with Crippen molar-refractivity contribution in [1.82, 2.24) is 0 Å². The van der Waals surface area contributed by atoms with Gasteiger partial charge in [0.05, 0.1) is 0 Å². The highest BCUT2D eigenvalue weighted by Gasteiger charge is 2.29. The molecule has 1 aliphatic carbocycles. The Hall–Kier alpha value is 0. The van der Waals surface area contributed by atoms with Crippen LogP contribution in [-0.2, 0) is 0 Å². The van der Waals surface area contributed by atoms with Crippen molar-refractivity contribution < 1.29 is 0 Å². The Kier molecular flexibility index (Phi) is 19.8. The monoisotopic (exact) mass is 505 g/mol. The van der Waals surface area contributed by atoms with Crippen LogP contribution >= 0.6 is 0 Å². The molecule has 1 saturated carbocycles. The maximum absolute atomic E-state index is 2.55. The number of hydrogen-bond donors (Lipinski definition) is 0. The minimum atomic E-state index is 0.863. The molecule has 0 bridgehead atoms. The van der Waals surface area contributed by atoms with E-state index in [1.165, 1.54) is 128 Å². The Morgan fingerprint density at radius 1 is 0.611 bits per heavy atom. The molecule has 36 heavy (non-hydrogen) atoms. The molecule has 0 nitrogen and oxygen atoms in total. The van der Waals surface area contributed by atoms with Crippen molar-refractivity contribution in [2.24, 2.45) is 47.3 Å². The van der Waals surface area contributed by atoms with E-state index in [4.69, 9.17) is 0 Å². The van der Waals surface area contributed by atoms with E-state index < -0.39 is 0 Å². The lowest BCUT2D eigenvalue weighted by molar-refractivity contribution is 0.147. The molecule has 1 aliphatic rings. The van der Waals surface area contributed by atoms with Gasteiger partial charge in [-0.2, -0.15) is 0 Å². The molecule has 0 heterocycles. The Labute approximate surface area is 231 Å². The third-order valence-electron chi connectivity index (χ3n) is 10.4. The van der Waals surface area contributed by atoms with Gasteiger partial charge in [0.15, 0.2) is 0 Å². The van der Waals surface area contributed by atoms with Crippen molar-refractivity contribution in [3.63, 3.8) is 0 Å². The van der Waals surface area contributed by atoms with Crippen LogP contribution in [0.1, 0.15) is 184 Å². The molecular formula is C36H72. The maximum atomic E-state index is 2.55. The van der Waals surface area contributed by atoms with Crippen LogP contribution in [0.5, 0.6) is 0 Å². The summed E-state index contributed by atoms with van der Waals surface area (Å²) in [4.78, 5) is 0. The van der Waals surface area contributed by atoms with E-state index in [1.54, 1.807) is 0 Å². The second kappa shape index (κ2) is 20.9. The zero-order valence-corrected chi connectivity index (χ0v) is 26.8. The molecule has 1 rings (SSSR count). The molecule has 0 spiro atoms. The molecule has 1 fully saturated rings. The molecule has 0 aromatic carbocycles. The average Bonchev–Trinajstić information content (AvgIpc) is 2.84. The van der Waals surface area contributed by atoms with Gasteiger partial charge in [-0.3, -0.25) is 0 Å². The summed E-state index contributed by atoms with van der Waals surface area (Å²) < 4.78 is 0. The lowest BCUT2D eigenvalue weighted by atomic mass is 9.69. The van der Waals surface area contributed by atoms with Crippen LogP contribution in [0.4, 0.5) is 0 Å². The van der Waals surface area contributed by atoms with Gasteiger partial charge in [0.1, 0.15) is 0 Å². The summed E-state index contributed by atoms with van der Waals surface area (Å²) in [7, 11) is 0. The zero-order valence-electron chi connectivity index (χ0n) is 26.8. The second-order valence-electron chi connectivity index (χ2n) is 14.2. The van der Waals surface area contributed by atoms with Gasteiger partial charge in [0, 0.05) is 0 Å². The van der Waals surface area contributed by atoms with Crippen LogP contribution in [0.3, 0.4) is 0 Å². The summed E-state index contributed by atoms with van der Waals surface area (Å²) in [5, 5.41) is 0. The van der Waals surface area contributed by atoms with Crippen LogP contribution < -0.4 is 0 Å². The van der Waals surface area contributed by atoms with Gasteiger partial charge < -0.3 is 0 Å². The van der Waals surface area contributed by atoms with Crippen LogP contribution in [-0.4, -0.2) is 0 Å². The van der Waals surface area contributed by atoms with E-state index in [9.17, 15) is 0 Å². The van der Waals surface area contributed by atoms with Gasteiger partial charge in [-0.1, -0.05) is 165 Å². The standard InChI is InChI=1S/C36H72/c1-9-19-34(32(8)28-30(6)10-2)22-16-14-12-13-15-21-33(11-3)36(27-24-29(4)5)35-23-18-17-20-31(7)25-26-35/h29-36H,9-28H2,1-8H3. The fourth-order valence-corrected chi connectivity index (χ4v) is 7.64. The first-order valence-electron chi connectivity index (χ1n) is 17.3. The summed E-state index contributed by atoms with van der Waals surface area (Å²) >= 11 is 0. The molecule has 0 aliphatic heterocycles. The van der Waals surface area contributed by atoms with E-state index in [-0.39, 0.29) is 0 Å². The van der Waals surface area contributed by atoms with E-state index in [1.807, 2.05) is 0 Å². The molecule has 0 radical (unpaired) electrons. The molecule has 0 saturated heterocycles. The van der Waals surface area contributed by atoms with Gasteiger partial charge in [0.25, 0.3) is 0 Å². The predicted octanol–water partition coefficient (Wildman–Crippen LogP) is 12.9. The fourth-order valence-electron chi connectivity index (χ4n) is 7.64. The summed E-state index contributed by atoms with van der Waals surface area (Å²) in [5.74, 6) is 7.63. The van der Waals surface area contributed by atoms with E-state index in [0.717, 1.165) is 47.3 Å². The van der Waals surface area contributed by atoms with Crippen LogP contribution in [0.25, 0.3) is 0 Å². The summed E-state index contributed by atoms with van der Waals surface area (Å²) in [6.45, 7) is 19.6. The smallest absolute Gasteiger partial charge is 0.0357 e. The predicted molar refractivity (Wildman–Crippen MR) is 166 cm³/mol. The quantitative estimate of drug-likeness (QED) is 0.145. The zero-order chi connectivity index (χ0) is 26.8. The van der Waals surface area contributed by atoms with Crippen LogP contribution in [0.15, 0.2) is 0 Å². The van der Waals surface area contributed by atoms with Gasteiger partial charge in [-0.05, 0) is 66.6 Å². The Morgan fingerprint density at radius 3 is 1.86 bits per heavy atom. The van der Waals surface area contributed by atoms with Gasteiger partial charge in [-0.25, -0.2) is 0 Å². The highest BCUT2D eigenvalue weighted by Crippen LogP contribution is 2.40. The minimum Gasteiger partial charge on any atom is -0.0654 e. The first-order valence-corrected chi connectivity index (χ1v) is 17.3. The molecule has 0 aromatic rings. The summed E-state index contributed by atoms with van der Waals surface area (Å²) in [5.41, 5.74) is 0. The fraction of sp³-hybridized carbons (Fsp3) is 1.00. The topological polar surface area (TPSA) is 0 Å². The number of hydrogen-bond acceptors (Lipinski definition) is 0. The van der Waals surface area contributed by atoms with E-state index in [0.29, 0.717) is 0 Å². The lowest BCUT2D eigenvalue weighted by Crippen LogP contribution is -2.26. The summed E-state index contributed by atoms with van der Waals surface area (Å²) in [6, 6.07) is 0. The molecule has 0 amide bonds. The van der Waals surface area contributed by atoms with Crippen LogP contribution in [0.2, 0.25) is 0 Å². The second-order valence-corrected chi connectivity index (χ2v) is 14.2. The molecular weight excluding hydrogens is 432 g/mol. The van der Waals surface area contributed by atoms with Gasteiger partial charge in [0.2, 0.25) is 0 Å². The lowest BCUT2D eigenvalue weighted by Gasteiger charge is -2.36. The Morgan fingerprint density at radius 2 is 1.25 bits per heavy atom. The maximum Gasteiger partial charge on any atom is -0.0357 e. The molecule has 7 unspecified atom stereocenters. The molecule has 0 N–H and O–H groups in total. The molecule has 7 atom stereocenters. The average molecular weight is 505 g/mol. The van der Waals surface area contributed by atoms with Crippen molar-refractivity contribution in [3.8, 4) is 0 Å². The highest BCUT2D eigenvalue weighted by molar-refractivity contribution is 4.80. The number of unbranched alkanes of at least 4 members (excludes halogenated alkanes) is 4. The van der Waals surface area contributed by atoms with Crippen molar-refractivity contribution in [2.45, 2.75) is 184 Å². The third kappa shape index (κ3) is 14.8. The largest absolute Gasteiger partial charge is 0.0654 e. The summed E-state index contributed by atoms with van der Waals surface area (Å²) in [6.07, 6.45) is 29.4. The van der Waals surface area contributed by atoms with Crippen LogP contribution in [0, 0.1) is 47.3 Å². The van der Waals surface area contributed by atoms with Gasteiger partial charge in [-0.15, -0.1) is 0 Å². The Bertz CT molecular complexity index is 478. The SMILES string of the molecule is CCCC(CCCCCCCC(CC)C(CCC(C)C)C1CCCCC(C)CC1)C(C)CC(C)CC. The van der Waals surface area contributed by atoms with Crippen molar-refractivity contribution in [1.29, 1.82) is 0 Å². The van der Waals surface area contributed by atoms with E-state index in [2.05, 4.69) is 55.4 Å². The highest BCUT2D eigenvalue weighted by atomic mass is 14.3. The van der Waals surface area contributed by atoms with Crippen molar-refractivity contribution in [3.05, 3.63) is 0 Å². The molecule has 0 heteroatoms. The molecule has 0 aromatic heterocycles. The normalized spacial score (nSPS) is 23.6. The first-order chi connectivity index (χ1) is 17.3. The number of rotatable bonds is 20. The van der Waals surface area contributed by atoms with Gasteiger partial charge >= 0.3 is 0 Å². The molecule has 216 valence electrons. The van der Waals surface area contributed by atoms with Crippen molar-refractivity contribution in [2.75, 3.05) is 0 Å². The van der Waals surface area contributed by atoms with Crippen molar-refractivity contribution >= 4 is 0 Å².